The van der Waals surface area contributed by atoms with E-state index in [0.29, 0.717) is 10.0 Å². The maximum absolute atomic E-state index is 13.3. The van der Waals surface area contributed by atoms with E-state index in [9.17, 15) is 4.39 Å². The fourth-order valence-corrected chi connectivity index (χ4v) is 1.98. The minimum atomic E-state index is -0.420. The van der Waals surface area contributed by atoms with Gasteiger partial charge in [0.05, 0.1) is 16.1 Å². The number of hydrogen-bond donors (Lipinski definition) is 0. The molecule has 2 heterocycles. The summed E-state index contributed by atoms with van der Waals surface area (Å²) in [5.41, 5.74) is 0. The van der Waals surface area contributed by atoms with Crippen LogP contribution in [0, 0.1) is 5.82 Å². The number of rotatable bonds is 2. The third kappa shape index (κ3) is 2.49. The lowest BCUT2D eigenvalue weighted by atomic mass is 10.5. The Morgan fingerprint density at radius 2 is 2.27 bits per heavy atom. The summed E-state index contributed by atoms with van der Waals surface area (Å²) < 4.78 is 15.0. The summed E-state index contributed by atoms with van der Waals surface area (Å²) in [4.78, 5) is 4.74. The number of hydrogen-bond acceptors (Lipinski definition) is 3. The highest BCUT2D eigenvalue weighted by molar-refractivity contribution is 7.99. The van der Waals surface area contributed by atoms with Gasteiger partial charge < -0.3 is 0 Å². The first kappa shape index (κ1) is 10.4. The van der Waals surface area contributed by atoms with Gasteiger partial charge in [-0.2, -0.15) is 5.10 Å². The van der Waals surface area contributed by atoms with Gasteiger partial charge in [-0.3, -0.25) is 4.68 Å². The average molecular weight is 244 g/mol. The zero-order valence-electron chi connectivity index (χ0n) is 7.82. The first-order chi connectivity index (χ1) is 7.15. The normalized spacial score (nSPS) is 10.6. The first-order valence-corrected chi connectivity index (χ1v) is 5.32. The van der Waals surface area contributed by atoms with Crippen molar-refractivity contribution in [2.75, 3.05) is 0 Å². The molecule has 15 heavy (non-hydrogen) atoms. The molecule has 0 radical (unpaired) electrons. The van der Waals surface area contributed by atoms with E-state index in [1.54, 1.807) is 24.1 Å². The lowest BCUT2D eigenvalue weighted by Gasteiger charge is -1.99. The van der Waals surface area contributed by atoms with Crippen LogP contribution in [0.4, 0.5) is 4.39 Å². The maximum Gasteiger partial charge on any atom is 0.157 e. The maximum atomic E-state index is 13.3. The molecule has 78 valence electrons. The van der Waals surface area contributed by atoms with Gasteiger partial charge in [0.15, 0.2) is 5.82 Å². The molecule has 0 atom stereocenters. The monoisotopic (exact) mass is 243 g/mol. The third-order valence-corrected chi connectivity index (χ3v) is 2.82. The Labute approximate surface area is 95.3 Å². The van der Waals surface area contributed by atoms with Crippen molar-refractivity contribution in [3.8, 4) is 0 Å². The molecule has 0 N–H and O–H groups in total. The van der Waals surface area contributed by atoms with E-state index in [4.69, 9.17) is 11.6 Å². The van der Waals surface area contributed by atoms with Crippen LogP contribution in [0.2, 0.25) is 5.02 Å². The van der Waals surface area contributed by atoms with Gasteiger partial charge in [0, 0.05) is 19.4 Å². The lowest BCUT2D eigenvalue weighted by Crippen LogP contribution is -1.86. The summed E-state index contributed by atoms with van der Waals surface area (Å²) in [6.45, 7) is 0. The SMILES string of the molecule is Cn1cc(Sc2ncc(Cl)cc2F)cn1. The molecule has 3 nitrogen and oxygen atoms in total. The zero-order chi connectivity index (χ0) is 10.8. The quantitative estimate of drug-likeness (QED) is 0.813. The third-order valence-electron chi connectivity index (χ3n) is 1.67. The van der Waals surface area contributed by atoms with Gasteiger partial charge in [-0.15, -0.1) is 0 Å². The minimum absolute atomic E-state index is 0.294. The molecule has 0 unspecified atom stereocenters. The van der Waals surface area contributed by atoms with Gasteiger partial charge in [0.1, 0.15) is 5.03 Å². The van der Waals surface area contributed by atoms with Crippen LogP contribution in [-0.2, 0) is 7.05 Å². The largest absolute Gasteiger partial charge is 0.275 e. The van der Waals surface area contributed by atoms with Crippen molar-refractivity contribution in [3.63, 3.8) is 0 Å². The van der Waals surface area contributed by atoms with Crippen molar-refractivity contribution in [2.24, 2.45) is 7.05 Å². The standard InChI is InChI=1S/C9H7ClFN3S/c1-14-5-7(4-13-14)15-9-8(11)2-6(10)3-12-9/h2-5H,1H3. The van der Waals surface area contributed by atoms with E-state index >= 15 is 0 Å². The van der Waals surface area contributed by atoms with Crippen LogP contribution in [0.25, 0.3) is 0 Å². The molecule has 2 rings (SSSR count). The molecular weight excluding hydrogens is 237 g/mol. The molecular formula is C9H7ClFN3S. The van der Waals surface area contributed by atoms with E-state index < -0.39 is 5.82 Å². The van der Waals surface area contributed by atoms with Gasteiger partial charge in [-0.1, -0.05) is 23.4 Å². The van der Waals surface area contributed by atoms with Crippen LogP contribution in [0.3, 0.4) is 0 Å². The van der Waals surface area contributed by atoms with Crippen molar-refractivity contribution in [1.29, 1.82) is 0 Å². The molecule has 0 amide bonds. The van der Waals surface area contributed by atoms with Gasteiger partial charge in [0.2, 0.25) is 0 Å². The Morgan fingerprint density at radius 3 is 2.87 bits per heavy atom. The van der Waals surface area contributed by atoms with Crippen LogP contribution >= 0.6 is 23.4 Å². The summed E-state index contributed by atoms with van der Waals surface area (Å²) >= 11 is 6.81. The van der Waals surface area contributed by atoms with Crippen molar-refractivity contribution in [3.05, 3.63) is 35.5 Å². The molecule has 0 saturated carbocycles. The second kappa shape index (κ2) is 4.20. The van der Waals surface area contributed by atoms with Gasteiger partial charge >= 0.3 is 0 Å². The highest BCUT2D eigenvalue weighted by atomic mass is 35.5. The summed E-state index contributed by atoms with van der Waals surface area (Å²) in [6.07, 6.45) is 4.87. The molecule has 0 spiro atoms. The molecule has 0 saturated heterocycles. The van der Waals surface area contributed by atoms with Crippen molar-refractivity contribution in [2.45, 2.75) is 9.92 Å². The number of halogens is 2. The van der Waals surface area contributed by atoms with Crippen molar-refractivity contribution >= 4 is 23.4 Å². The summed E-state index contributed by atoms with van der Waals surface area (Å²) in [5.74, 6) is -0.420. The molecule has 0 bridgehead atoms. The molecule has 0 aromatic carbocycles. The zero-order valence-corrected chi connectivity index (χ0v) is 9.39. The van der Waals surface area contributed by atoms with Gasteiger partial charge in [-0.05, 0) is 6.07 Å². The molecule has 2 aromatic rings. The summed E-state index contributed by atoms with van der Waals surface area (Å²) in [6, 6.07) is 1.24. The predicted molar refractivity (Wildman–Crippen MR) is 56.5 cm³/mol. The van der Waals surface area contributed by atoms with Crippen LogP contribution in [0.5, 0.6) is 0 Å². The smallest absolute Gasteiger partial charge is 0.157 e. The fourth-order valence-electron chi connectivity index (χ4n) is 1.04. The molecule has 0 aliphatic rings. The Bertz CT molecular complexity index is 486. The van der Waals surface area contributed by atoms with Crippen molar-refractivity contribution < 1.29 is 4.39 Å². The highest BCUT2D eigenvalue weighted by Gasteiger charge is 2.07. The van der Waals surface area contributed by atoms with Crippen LogP contribution < -0.4 is 0 Å². The van der Waals surface area contributed by atoms with E-state index in [1.165, 1.54) is 24.0 Å². The molecule has 0 fully saturated rings. The van der Waals surface area contributed by atoms with Crippen LogP contribution in [-0.4, -0.2) is 14.8 Å². The first-order valence-electron chi connectivity index (χ1n) is 4.13. The number of pyridine rings is 1. The Hall–Kier alpha value is -1.07. The molecule has 2 aromatic heterocycles. The number of nitrogens with zero attached hydrogens (tertiary/aromatic N) is 3. The van der Waals surface area contributed by atoms with Crippen molar-refractivity contribution in [1.82, 2.24) is 14.8 Å². The second-order valence-corrected chi connectivity index (χ2v) is 4.39. The Balaban J connectivity index is 2.24. The van der Waals surface area contributed by atoms with E-state index in [2.05, 4.69) is 10.1 Å². The van der Waals surface area contributed by atoms with E-state index in [-0.39, 0.29) is 0 Å². The predicted octanol–water partition coefficient (Wildman–Crippen LogP) is 2.76. The lowest BCUT2D eigenvalue weighted by molar-refractivity contribution is 0.588. The molecule has 0 aliphatic heterocycles. The van der Waals surface area contributed by atoms with Gasteiger partial charge in [0.25, 0.3) is 0 Å². The fraction of sp³-hybridized carbons (Fsp3) is 0.111. The van der Waals surface area contributed by atoms with Crippen LogP contribution in [0.15, 0.2) is 34.6 Å². The minimum Gasteiger partial charge on any atom is -0.275 e. The number of aryl methyl sites for hydroxylation is 1. The second-order valence-electron chi connectivity index (χ2n) is 2.89. The van der Waals surface area contributed by atoms with E-state index in [1.807, 2.05) is 0 Å². The molecule has 6 heteroatoms. The Kier molecular flexibility index (Phi) is 2.93. The Morgan fingerprint density at radius 1 is 1.47 bits per heavy atom. The summed E-state index contributed by atoms with van der Waals surface area (Å²) in [5, 5.41) is 4.57. The van der Waals surface area contributed by atoms with E-state index in [0.717, 1.165) is 4.90 Å². The highest BCUT2D eigenvalue weighted by Crippen LogP contribution is 2.28. The topological polar surface area (TPSA) is 30.7 Å². The van der Waals surface area contributed by atoms with Gasteiger partial charge in [-0.25, -0.2) is 9.37 Å². The summed E-state index contributed by atoms with van der Waals surface area (Å²) in [7, 11) is 1.80. The van der Waals surface area contributed by atoms with Crippen LogP contribution in [0.1, 0.15) is 0 Å². The average Bonchev–Trinajstić information content (AvgIpc) is 2.56. The molecule has 0 aliphatic carbocycles. The number of aromatic nitrogens is 3.